The quantitative estimate of drug-likeness (QED) is 0.500. The second-order valence-electron chi connectivity index (χ2n) is 5.82. The maximum atomic E-state index is 11.6. The third-order valence-electron chi connectivity index (χ3n) is 4.31. The lowest BCUT2D eigenvalue weighted by atomic mass is 9.98. The summed E-state index contributed by atoms with van der Waals surface area (Å²) in [5.74, 6) is -0.774. The highest BCUT2D eigenvalue weighted by molar-refractivity contribution is 6.07. The van der Waals surface area contributed by atoms with Crippen molar-refractivity contribution in [3.05, 3.63) is 78.5 Å². The predicted molar refractivity (Wildman–Crippen MR) is 97.8 cm³/mol. The molecule has 4 nitrogen and oxygen atoms in total. The van der Waals surface area contributed by atoms with Crippen LogP contribution in [0.15, 0.2) is 72.8 Å². The van der Waals surface area contributed by atoms with E-state index in [1.807, 2.05) is 60.7 Å². The lowest BCUT2D eigenvalue weighted by Gasteiger charge is -2.07. The lowest BCUT2D eigenvalue weighted by molar-refractivity contribution is 0.0692. The molecule has 0 radical (unpaired) electrons. The molecule has 0 aliphatic rings. The number of hydrogen-bond donors (Lipinski definition) is 3. The van der Waals surface area contributed by atoms with Crippen LogP contribution < -0.4 is 0 Å². The van der Waals surface area contributed by atoms with Gasteiger partial charge >= 0.3 is 5.97 Å². The van der Waals surface area contributed by atoms with Gasteiger partial charge in [0.1, 0.15) is 11.4 Å². The second kappa shape index (κ2) is 5.83. The van der Waals surface area contributed by atoms with Crippen molar-refractivity contribution in [2.45, 2.75) is 0 Å². The van der Waals surface area contributed by atoms with Gasteiger partial charge in [-0.1, -0.05) is 60.7 Å². The maximum absolute atomic E-state index is 11.6. The van der Waals surface area contributed by atoms with Crippen molar-refractivity contribution in [3.63, 3.8) is 0 Å². The van der Waals surface area contributed by atoms with E-state index in [0.717, 1.165) is 27.6 Å². The number of aromatic amines is 1. The fourth-order valence-electron chi connectivity index (χ4n) is 3.14. The Morgan fingerprint density at radius 2 is 1.44 bits per heavy atom. The van der Waals surface area contributed by atoms with Crippen LogP contribution in [-0.4, -0.2) is 21.2 Å². The molecular formula is C21H15NO3. The molecule has 0 aliphatic heterocycles. The van der Waals surface area contributed by atoms with Gasteiger partial charge in [-0.2, -0.15) is 0 Å². The molecule has 4 aromatic rings. The molecule has 0 unspecified atom stereocenters. The van der Waals surface area contributed by atoms with Crippen LogP contribution in [0.25, 0.3) is 33.2 Å². The summed E-state index contributed by atoms with van der Waals surface area (Å²) in [6.07, 6.45) is 0. The molecule has 0 fully saturated rings. The SMILES string of the molecule is O=C(O)c1[nH]c2ccccc2c1-c1ccc(-c2ccccc2O)cc1. The molecule has 0 spiro atoms. The van der Waals surface area contributed by atoms with E-state index in [4.69, 9.17) is 0 Å². The van der Waals surface area contributed by atoms with Crippen molar-refractivity contribution in [3.8, 4) is 28.0 Å². The largest absolute Gasteiger partial charge is 0.507 e. The van der Waals surface area contributed by atoms with Crippen molar-refractivity contribution in [1.82, 2.24) is 4.98 Å². The van der Waals surface area contributed by atoms with Crippen LogP contribution in [0.1, 0.15) is 10.5 Å². The number of benzene rings is 3. The van der Waals surface area contributed by atoms with Gasteiger partial charge in [-0.15, -0.1) is 0 Å². The first-order valence-corrected chi connectivity index (χ1v) is 7.88. The van der Waals surface area contributed by atoms with Crippen molar-refractivity contribution in [1.29, 1.82) is 0 Å². The van der Waals surface area contributed by atoms with E-state index in [2.05, 4.69) is 4.98 Å². The van der Waals surface area contributed by atoms with Crippen molar-refractivity contribution in [2.75, 3.05) is 0 Å². The molecule has 4 rings (SSSR count). The fourth-order valence-corrected chi connectivity index (χ4v) is 3.14. The minimum atomic E-state index is -0.990. The van der Waals surface area contributed by atoms with E-state index < -0.39 is 5.97 Å². The summed E-state index contributed by atoms with van der Waals surface area (Å²) < 4.78 is 0. The molecule has 0 amide bonds. The number of hydrogen-bond acceptors (Lipinski definition) is 2. The third-order valence-corrected chi connectivity index (χ3v) is 4.31. The molecule has 0 saturated carbocycles. The van der Waals surface area contributed by atoms with Crippen molar-refractivity contribution >= 4 is 16.9 Å². The molecule has 0 saturated heterocycles. The minimum absolute atomic E-state index is 0.177. The number of aromatic hydroxyl groups is 1. The van der Waals surface area contributed by atoms with E-state index >= 15 is 0 Å². The van der Waals surface area contributed by atoms with Crippen LogP contribution in [-0.2, 0) is 0 Å². The number of nitrogens with one attached hydrogen (secondary N) is 1. The number of fused-ring (bicyclic) bond motifs is 1. The van der Waals surface area contributed by atoms with E-state index in [1.54, 1.807) is 12.1 Å². The van der Waals surface area contributed by atoms with Gasteiger partial charge in [-0.3, -0.25) is 0 Å². The number of carboxylic acid groups (broad SMARTS) is 1. The number of H-pyrrole nitrogens is 1. The average Bonchev–Trinajstić information content (AvgIpc) is 3.02. The summed E-state index contributed by atoms with van der Waals surface area (Å²) in [4.78, 5) is 14.6. The summed E-state index contributed by atoms with van der Waals surface area (Å²) in [7, 11) is 0. The number of carboxylic acids is 1. The Hall–Kier alpha value is -3.53. The van der Waals surface area contributed by atoms with E-state index in [0.29, 0.717) is 5.56 Å². The smallest absolute Gasteiger partial charge is 0.352 e. The van der Waals surface area contributed by atoms with Gasteiger partial charge < -0.3 is 15.2 Å². The Kier molecular flexibility index (Phi) is 3.51. The molecule has 3 aromatic carbocycles. The van der Waals surface area contributed by atoms with E-state index in [9.17, 15) is 15.0 Å². The standard InChI is InChI=1S/C21H15NO3/c23-18-8-4-2-5-15(18)13-9-11-14(12-10-13)19-16-6-1-3-7-17(16)22-20(19)21(24)25/h1-12,22-23H,(H,24,25). The average molecular weight is 329 g/mol. The van der Waals surface area contributed by atoms with E-state index in [-0.39, 0.29) is 11.4 Å². The van der Waals surface area contributed by atoms with Crippen molar-refractivity contribution in [2.24, 2.45) is 0 Å². The number of para-hydroxylation sites is 2. The Bertz CT molecular complexity index is 1080. The zero-order chi connectivity index (χ0) is 17.4. The first kappa shape index (κ1) is 15.0. The second-order valence-corrected chi connectivity index (χ2v) is 5.82. The summed E-state index contributed by atoms with van der Waals surface area (Å²) >= 11 is 0. The molecular weight excluding hydrogens is 314 g/mol. The number of phenols is 1. The summed E-state index contributed by atoms with van der Waals surface area (Å²) in [5.41, 5.74) is 4.07. The molecule has 0 aliphatic carbocycles. The van der Waals surface area contributed by atoms with Crippen LogP contribution in [0, 0.1) is 0 Å². The Labute approximate surface area is 144 Å². The summed E-state index contributed by atoms with van der Waals surface area (Å²) in [5, 5.41) is 20.4. The number of phenolic OH excluding ortho intramolecular Hbond substituents is 1. The van der Waals surface area contributed by atoms with Crippen LogP contribution in [0.3, 0.4) is 0 Å². The monoisotopic (exact) mass is 329 g/mol. The molecule has 3 N–H and O–H groups in total. The molecule has 0 bridgehead atoms. The maximum Gasteiger partial charge on any atom is 0.352 e. The summed E-state index contributed by atoms with van der Waals surface area (Å²) in [6, 6.07) is 22.2. The first-order chi connectivity index (χ1) is 12.1. The number of aromatic carboxylic acids is 1. The van der Waals surface area contributed by atoms with Gasteiger partial charge in [-0.05, 0) is 23.3 Å². The van der Waals surface area contributed by atoms with Crippen LogP contribution in [0.5, 0.6) is 5.75 Å². The molecule has 0 atom stereocenters. The number of carbonyl (C=O) groups is 1. The topological polar surface area (TPSA) is 73.3 Å². The van der Waals surface area contributed by atoms with Crippen LogP contribution in [0.4, 0.5) is 0 Å². The van der Waals surface area contributed by atoms with Gasteiger partial charge in [0.2, 0.25) is 0 Å². The van der Waals surface area contributed by atoms with Gasteiger partial charge in [0.25, 0.3) is 0 Å². The molecule has 122 valence electrons. The first-order valence-electron chi connectivity index (χ1n) is 7.88. The Morgan fingerprint density at radius 3 is 2.16 bits per heavy atom. The molecule has 25 heavy (non-hydrogen) atoms. The van der Waals surface area contributed by atoms with Gasteiger partial charge in [0.05, 0.1) is 0 Å². The van der Waals surface area contributed by atoms with Crippen LogP contribution >= 0.6 is 0 Å². The highest BCUT2D eigenvalue weighted by Crippen LogP contribution is 2.35. The zero-order valence-electron chi connectivity index (χ0n) is 13.2. The van der Waals surface area contributed by atoms with Crippen LogP contribution in [0.2, 0.25) is 0 Å². The Balaban J connectivity index is 1.86. The predicted octanol–water partition coefficient (Wildman–Crippen LogP) is 4.91. The number of rotatable bonds is 3. The van der Waals surface area contributed by atoms with E-state index in [1.165, 1.54) is 0 Å². The number of aromatic nitrogens is 1. The van der Waals surface area contributed by atoms with Gasteiger partial charge in [0, 0.05) is 22.0 Å². The molecule has 4 heteroatoms. The minimum Gasteiger partial charge on any atom is -0.507 e. The molecule has 1 aromatic heterocycles. The van der Waals surface area contributed by atoms with Gasteiger partial charge in [-0.25, -0.2) is 4.79 Å². The zero-order valence-corrected chi connectivity index (χ0v) is 13.2. The fraction of sp³-hybridized carbons (Fsp3) is 0. The Morgan fingerprint density at radius 1 is 0.800 bits per heavy atom. The normalized spacial score (nSPS) is 10.9. The summed E-state index contributed by atoms with van der Waals surface area (Å²) in [6.45, 7) is 0. The molecule has 1 heterocycles. The highest BCUT2D eigenvalue weighted by Gasteiger charge is 2.18. The van der Waals surface area contributed by atoms with Gasteiger partial charge in [0.15, 0.2) is 0 Å². The third kappa shape index (κ3) is 2.54. The van der Waals surface area contributed by atoms with Crippen molar-refractivity contribution < 1.29 is 15.0 Å². The highest BCUT2D eigenvalue weighted by atomic mass is 16.4. The lowest BCUT2D eigenvalue weighted by Crippen LogP contribution is -1.98.